The van der Waals surface area contributed by atoms with E-state index in [9.17, 15) is 9.59 Å². The van der Waals surface area contributed by atoms with Gasteiger partial charge in [0, 0.05) is 45.1 Å². The summed E-state index contributed by atoms with van der Waals surface area (Å²) in [6.45, 7) is 1.95. The smallest absolute Gasteiger partial charge is 0.255 e. The number of hydrogen-bond donors (Lipinski definition) is 2. The van der Waals surface area contributed by atoms with Gasteiger partial charge in [0.1, 0.15) is 11.5 Å². The highest BCUT2D eigenvalue weighted by atomic mass is 35.5. The van der Waals surface area contributed by atoms with Crippen LogP contribution < -0.4 is 20.1 Å². The topological polar surface area (TPSA) is 76.7 Å². The molecule has 1 unspecified atom stereocenters. The quantitative estimate of drug-likeness (QED) is 0.358. The van der Waals surface area contributed by atoms with Gasteiger partial charge in [0.25, 0.3) is 5.91 Å². The van der Waals surface area contributed by atoms with Gasteiger partial charge in [-0.1, -0.05) is 30.7 Å². The van der Waals surface area contributed by atoms with E-state index in [4.69, 9.17) is 21.1 Å². The van der Waals surface area contributed by atoms with E-state index in [-0.39, 0.29) is 17.1 Å². The summed E-state index contributed by atoms with van der Waals surface area (Å²) in [4.78, 5) is 26.3. The zero-order valence-corrected chi connectivity index (χ0v) is 20.1. The van der Waals surface area contributed by atoms with E-state index in [1.807, 2.05) is 25.1 Å². The first-order valence-corrected chi connectivity index (χ1v) is 11.5. The molecule has 0 aliphatic carbocycles. The second kappa shape index (κ2) is 11.6. The summed E-state index contributed by atoms with van der Waals surface area (Å²) in [6.07, 6.45) is 0.622. The lowest BCUT2D eigenvalue weighted by Crippen LogP contribution is -2.24. The van der Waals surface area contributed by atoms with Crippen molar-refractivity contribution in [3.63, 3.8) is 0 Å². The molecule has 0 bridgehead atoms. The van der Waals surface area contributed by atoms with Crippen molar-refractivity contribution in [2.24, 2.45) is 0 Å². The van der Waals surface area contributed by atoms with Gasteiger partial charge in [0.05, 0.1) is 19.5 Å². The Bertz CT molecular complexity index is 1120. The largest absolute Gasteiger partial charge is 0.497 e. The molecule has 2 amide bonds. The van der Waals surface area contributed by atoms with Gasteiger partial charge in [-0.05, 0) is 42.8 Å². The molecule has 0 saturated carbocycles. The number of thioether (sulfide) groups is 1. The number of methoxy groups -OCH3 is 2. The Hall–Kier alpha value is -3.16. The maximum absolute atomic E-state index is 12.9. The predicted molar refractivity (Wildman–Crippen MR) is 134 cm³/mol. The van der Waals surface area contributed by atoms with Gasteiger partial charge in [-0.2, -0.15) is 0 Å². The molecule has 1 atom stereocenters. The van der Waals surface area contributed by atoms with Crippen LogP contribution in [-0.4, -0.2) is 31.3 Å². The third kappa shape index (κ3) is 6.91. The van der Waals surface area contributed by atoms with Crippen molar-refractivity contribution in [1.82, 2.24) is 0 Å². The lowest BCUT2D eigenvalue weighted by Gasteiger charge is -2.16. The highest BCUT2D eigenvalue weighted by Crippen LogP contribution is 2.30. The summed E-state index contributed by atoms with van der Waals surface area (Å²) in [5.41, 5.74) is 1.70. The van der Waals surface area contributed by atoms with Gasteiger partial charge in [-0.3, -0.25) is 9.59 Å². The number of hydrogen-bond acceptors (Lipinski definition) is 5. The third-order valence-electron chi connectivity index (χ3n) is 4.74. The molecule has 0 aromatic heterocycles. The average molecular weight is 485 g/mol. The second-order valence-electron chi connectivity index (χ2n) is 7.10. The highest BCUT2D eigenvalue weighted by Gasteiger charge is 2.19. The molecule has 2 N–H and O–H groups in total. The Labute approximate surface area is 202 Å². The zero-order chi connectivity index (χ0) is 23.8. The summed E-state index contributed by atoms with van der Waals surface area (Å²) in [5, 5.41) is 5.97. The fraction of sp³-hybridized carbons (Fsp3) is 0.200. The van der Waals surface area contributed by atoms with E-state index in [0.29, 0.717) is 39.9 Å². The normalized spacial score (nSPS) is 11.4. The molecule has 172 valence electrons. The molecule has 0 heterocycles. The van der Waals surface area contributed by atoms with E-state index in [1.54, 1.807) is 62.8 Å². The maximum Gasteiger partial charge on any atom is 0.255 e. The molecule has 3 aromatic carbocycles. The number of anilines is 2. The predicted octanol–water partition coefficient (Wildman–Crippen LogP) is 6.12. The number of rotatable bonds is 9. The molecule has 0 radical (unpaired) electrons. The molecular weight excluding hydrogens is 460 g/mol. The van der Waals surface area contributed by atoms with Gasteiger partial charge in [-0.15, -0.1) is 11.8 Å². The fourth-order valence-corrected chi connectivity index (χ4v) is 4.27. The molecule has 0 spiro atoms. The van der Waals surface area contributed by atoms with Crippen LogP contribution in [0.15, 0.2) is 71.6 Å². The molecule has 8 heteroatoms. The van der Waals surface area contributed by atoms with Gasteiger partial charge in [-0.25, -0.2) is 0 Å². The standard InChI is InChI=1S/C25H25ClN2O4S/c1-4-23(25(30)28-19-12-20(31-2)15-21(13-19)32-3)33-22-10-6-9-18(14-22)27-24(29)16-7-5-8-17(26)11-16/h5-15,23H,4H2,1-3H3,(H,27,29)(H,28,30). The summed E-state index contributed by atoms with van der Waals surface area (Å²) >= 11 is 7.41. The molecule has 0 fully saturated rings. The SMILES string of the molecule is CCC(Sc1cccc(NC(=O)c2cccc(Cl)c2)c1)C(=O)Nc1cc(OC)cc(OC)c1. The van der Waals surface area contributed by atoms with Crippen molar-refractivity contribution in [3.8, 4) is 11.5 Å². The molecule has 0 aliphatic rings. The number of amides is 2. The average Bonchev–Trinajstić information content (AvgIpc) is 2.82. The minimum atomic E-state index is -0.332. The summed E-state index contributed by atoms with van der Waals surface area (Å²) < 4.78 is 10.5. The minimum Gasteiger partial charge on any atom is -0.497 e. The van der Waals surface area contributed by atoms with Gasteiger partial charge < -0.3 is 20.1 Å². The molecule has 3 aromatic rings. The molecule has 3 rings (SSSR count). The van der Waals surface area contributed by atoms with Crippen molar-refractivity contribution in [2.75, 3.05) is 24.9 Å². The van der Waals surface area contributed by atoms with Crippen molar-refractivity contribution in [1.29, 1.82) is 0 Å². The van der Waals surface area contributed by atoms with Crippen LogP contribution in [0.5, 0.6) is 11.5 Å². The Morgan fingerprint density at radius 3 is 2.24 bits per heavy atom. The van der Waals surface area contributed by atoms with Crippen LogP contribution >= 0.6 is 23.4 Å². The van der Waals surface area contributed by atoms with Gasteiger partial charge >= 0.3 is 0 Å². The van der Waals surface area contributed by atoms with Crippen LogP contribution in [0.1, 0.15) is 23.7 Å². The van der Waals surface area contributed by atoms with Gasteiger partial charge in [0.15, 0.2) is 0 Å². The number of benzene rings is 3. The maximum atomic E-state index is 12.9. The number of carbonyl (C=O) groups excluding carboxylic acids is 2. The highest BCUT2D eigenvalue weighted by molar-refractivity contribution is 8.00. The Morgan fingerprint density at radius 2 is 1.61 bits per heavy atom. The van der Waals surface area contributed by atoms with Crippen LogP contribution in [0.2, 0.25) is 5.02 Å². The van der Waals surface area contributed by atoms with Crippen LogP contribution in [0.25, 0.3) is 0 Å². The van der Waals surface area contributed by atoms with E-state index in [1.165, 1.54) is 11.8 Å². The first-order chi connectivity index (χ1) is 15.9. The first-order valence-electron chi connectivity index (χ1n) is 10.3. The zero-order valence-electron chi connectivity index (χ0n) is 18.6. The minimum absolute atomic E-state index is 0.133. The number of ether oxygens (including phenoxy) is 2. The van der Waals surface area contributed by atoms with Crippen LogP contribution in [0.3, 0.4) is 0 Å². The Balaban J connectivity index is 1.68. The van der Waals surface area contributed by atoms with Crippen LogP contribution in [0.4, 0.5) is 11.4 Å². The Kier molecular flexibility index (Phi) is 8.63. The monoisotopic (exact) mass is 484 g/mol. The lowest BCUT2D eigenvalue weighted by atomic mass is 10.2. The molecule has 6 nitrogen and oxygen atoms in total. The molecule has 33 heavy (non-hydrogen) atoms. The summed E-state index contributed by atoms with van der Waals surface area (Å²) in [6, 6.07) is 19.4. The van der Waals surface area contributed by atoms with Crippen LogP contribution in [0, 0.1) is 0 Å². The molecular formula is C25H25ClN2O4S. The molecule has 0 aliphatic heterocycles. The Morgan fingerprint density at radius 1 is 0.909 bits per heavy atom. The first kappa shape index (κ1) is 24.5. The number of halogens is 1. The van der Waals surface area contributed by atoms with Crippen molar-refractivity contribution in [2.45, 2.75) is 23.5 Å². The number of nitrogens with one attached hydrogen (secondary N) is 2. The van der Waals surface area contributed by atoms with Crippen molar-refractivity contribution >= 4 is 46.6 Å². The third-order valence-corrected chi connectivity index (χ3v) is 6.33. The second-order valence-corrected chi connectivity index (χ2v) is 8.81. The lowest BCUT2D eigenvalue weighted by molar-refractivity contribution is -0.115. The van der Waals surface area contributed by atoms with Gasteiger partial charge in [0.2, 0.25) is 5.91 Å². The van der Waals surface area contributed by atoms with Crippen molar-refractivity contribution < 1.29 is 19.1 Å². The van der Waals surface area contributed by atoms with E-state index >= 15 is 0 Å². The fourth-order valence-electron chi connectivity index (χ4n) is 3.07. The van der Waals surface area contributed by atoms with E-state index in [0.717, 1.165) is 4.90 Å². The summed E-state index contributed by atoms with van der Waals surface area (Å²) in [5.74, 6) is 0.796. The summed E-state index contributed by atoms with van der Waals surface area (Å²) in [7, 11) is 3.12. The number of carbonyl (C=O) groups is 2. The van der Waals surface area contributed by atoms with Crippen molar-refractivity contribution in [3.05, 3.63) is 77.3 Å². The molecule has 0 saturated heterocycles. The van der Waals surface area contributed by atoms with Crippen LogP contribution in [-0.2, 0) is 4.79 Å². The van der Waals surface area contributed by atoms with E-state index in [2.05, 4.69) is 10.6 Å². The van der Waals surface area contributed by atoms with E-state index < -0.39 is 0 Å².